The quantitative estimate of drug-likeness (QED) is 0.665. The topological polar surface area (TPSA) is 16.4 Å². The highest BCUT2D eigenvalue weighted by Gasteiger charge is 2.06. The predicted octanol–water partition coefficient (Wildman–Crippen LogP) is 4.89. The molecule has 0 aliphatic heterocycles. The third kappa shape index (κ3) is 3.46. The van der Waals surface area contributed by atoms with E-state index in [9.17, 15) is 0 Å². The SMILES string of the molecule is Cc1ccc(C=CCN(C)Cc2coc3ccccc23)cc1. The number of fused-ring (bicyclic) bond motifs is 1. The van der Waals surface area contributed by atoms with E-state index in [2.05, 4.69) is 67.4 Å². The minimum Gasteiger partial charge on any atom is -0.464 e. The molecular formula is C20H21NO. The summed E-state index contributed by atoms with van der Waals surface area (Å²) in [6.45, 7) is 3.90. The smallest absolute Gasteiger partial charge is 0.134 e. The van der Waals surface area contributed by atoms with Gasteiger partial charge < -0.3 is 4.42 Å². The highest BCUT2D eigenvalue weighted by Crippen LogP contribution is 2.21. The zero-order valence-corrected chi connectivity index (χ0v) is 13.1. The fourth-order valence-corrected chi connectivity index (χ4v) is 2.56. The van der Waals surface area contributed by atoms with Crippen molar-refractivity contribution in [2.75, 3.05) is 13.6 Å². The third-order valence-electron chi connectivity index (χ3n) is 3.81. The predicted molar refractivity (Wildman–Crippen MR) is 92.8 cm³/mol. The lowest BCUT2D eigenvalue weighted by atomic mass is 10.1. The molecule has 1 aromatic heterocycles. The van der Waals surface area contributed by atoms with Crippen molar-refractivity contribution >= 4 is 17.0 Å². The summed E-state index contributed by atoms with van der Waals surface area (Å²) in [6, 6.07) is 16.8. The van der Waals surface area contributed by atoms with Crippen molar-refractivity contribution in [1.29, 1.82) is 0 Å². The Bertz CT molecular complexity index is 768. The maximum absolute atomic E-state index is 5.59. The molecule has 3 rings (SSSR count). The van der Waals surface area contributed by atoms with Gasteiger partial charge in [0, 0.05) is 24.0 Å². The molecule has 2 heteroatoms. The molecule has 1 heterocycles. The Morgan fingerprint density at radius 3 is 2.64 bits per heavy atom. The Morgan fingerprint density at radius 1 is 1.05 bits per heavy atom. The van der Waals surface area contributed by atoms with Crippen molar-refractivity contribution in [1.82, 2.24) is 4.90 Å². The Kier molecular flexibility index (Phi) is 4.40. The van der Waals surface area contributed by atoms with Gasteiger partial charge in [0.2, 0.25) is 0 Å². The molecule has 0 saturated heterocycles. The Labute approximate surface area is 131 Å². The summed E-state index contributed by atoms with van der Waals surface area (Å²) in [4.78, 5) is 2.28. The van der Waals surface area contributed by atoms with Gasteiger partial charge in [-0.15, -0.1) is 0 Å². The minimum atomic E-state index is 0.884. The van der Waals surface area contributed by atoms with Gasteiger partial charge in [0.05, 0.1) is 6.26 Å². The van der Waals surface area contributed by atoms with Crippen molar-refractivity contribution in [3.8, 4) is 0 Å². The first-order valence-corrected chi connectivity index (χ1v) is 7.59. The summed E-state index contributed by atoms with van der Waals surface area (Å²) in [5.41, 5.74) is 4.73. The second-order valence-corrected chi connectivity index (χ2v) is 5.77. The number of benzene rings is 2. The van der Waals surface area contributed by atoms with Crippen molar-refractivity contribution in [2.24, 2.45) is 0 Å². The van der Waals surface area contributed by atoms with Crippen LogP contribution in [0.1, 0.15) is 16.7 Å². The molecule has 0 fully saturated rings. The van der Waals surface area contributed by atoms with Gasteiger partial charge in [0.15, 0.2) is 0 Å². The van der Waals surface area contributed by atoms with Gasteiger partial charge in [-0.3, -0.25) is 4.90 Å². The van der Waals surface area contributed by atoms with E-state index in [0.29, 0.717) is 0 Å². The second-order valence-electron chi connectivity index (χ2n) is 5.77. The molecule has 0 aliphatic rings. The number of aryl methyl sites for hydroxylation is 1. The molecule has 0 spiro atoms. The first kappa shape index (κ1) is 14.6. The number of para-hydroxylation sites is 1. The van der Waals surface area contributed by atoms with Gasteiger partial charge in [-0.25, -0.2) is 0 Å². The zero-order chi connectivity index (χ0) is 15.4. The van der Waals surface area contributed by atoms with Crippen LogP contribution in [0.5, 0.6) is 0 Å². The molecule has 2 aromatic carbocycles. The summed E-state index contributed by atoms with van der Waals surface area (Å²) in [5, 5.41) is 1.21. The van der Waals surface area contributed by atoms with Crippen molar-refractivity contribution in [3.05, 3.63) is 77.6 Å². The fraction of sp³-hybridized carbons (Fsp3) is 0.200. The molecule has 0 saturated carbocycles. The normalized spacial score (nSPS) is 11.8. The molecule has 2 nitrogen and oxygen atoms in total. The highest BCUT2D eigenvalue weighted by molar-refractivity contribution is 5.80. The summed E-state index contributed by atoms with van der Waals surface area (Å²) in [7, 11) is 2.13. The van der Waals surface area contributed by atoms with E-state index >= 15 is 0 Å². The number of nitrogens with zero attached hydrogens (tertiary/aromatic N) is 1. The lowest BCUT2D eigenvalue weighted by Crippen LogP contribution is -2.17. The standard InChI is InChI=1S/C20H21NO/c1-16-9-11-17(12-10-16)6-5-13-21(2)14-18-15-22-20-8-4-3-7-19(18)20/h3-12,15H,13-14H2,1-2H3. The number of hydrogen-bond acceptors (Lipinski definition) is 2. The third-order valence-corrected chi connectivity index (χ3v) is 3.81. The number of likely N-dealkylation sites (N-methyl/N-ethyl adjacent to an activating group) is 1. The van der Waals surface area contributed by atoms with Crippen LogP contribution in [0.15, 0.2) is 65.3 Å². The van der Waals surface area contributed by atoms with Gasteiger partial charge in [0.25, 0.3) is 0 Å². The van der Waals surface area contributed by atoms with Crippen LogP contribution in [0.4, 0.5) is 0 Å². The molecule has 0 atom stereocenters. The lowest BCUT2D eigenvalue weighted by Gasteiger charge is -2.13. The molecule has 0 bridgehead atoms. The van der Waals surface area contributed by atoms with Crippen LogP contribution in [0, 0.1) is 6.92 Å². The van der Waals surface area contributed by atoms with Crippen LogP contribution in [0.3, 0.4) is 0 Å². The van der Waals surface area contributed by atoms with E-state index in [1.54, 1.807) is 0 Å². The van der Waals surface area contributed by atoms with Gasteiger partial charge in [-0.1, -0.05) is 60.2 Å². The van der Waals surface area contributed by atoms with Crippen molar-refractivity contribution < 1.29 is 4.42 Å². The number of furan rings is 1. The average Bonchev–Trinajstić information content (AvgIpc) is 2.93. The molecule has 0 radical (unpaired) electrons. The van der Waals surface area contributed by atoms with Crippen LogP contribution in [0.25, 0.3) is 17.0 Å². The van der Waals surface area contributed by atoms with E-state index in [1.807, 2.05) is 18.4 Å². The Morgan fingerprint density at radius 2 is 1.82 bits per heavy atom. The van der Waals surface area contributed by atoms with Crippen LogP contribution in [-0.2, 0) is 6.54 Å². The van der Waals surface area contributed by atoms with Gasteiger partial charge in [-0.2, -0.15) is 0 Å². The van der Waals surface area contributed by atoms with E-state index in [4.69, 9.17) is 4.42 Å². The second kappa shape index (κ2) is 6.63. The minimum absolute atomic E-state index is 0.884. The van der Waals surface area contributed by atoms with Crippen LogP contribution in [0.2, 0.25) is 0 Å². The molecule has 22 heavy (non-hydrogen) atoms. The number of rotatable bonds is 5. The van der Waals surface area contributed by atoms with Gasteiger partial charge in [-0.05, 0) is 25.6 Å². The van der Waals surface area contributed by atoms with E-state index in [0.717, 1.165) is 18.7 Å². The van der Waals surface area contributed by atoms with E-state index in [-0.39, 0.29) is 0 Å². The van der Waals surface area contributed by atoms with Crippen LogP contribution in [-0.4, -0.2) is 18.5 Å². The van der Waals surface area contributed by atoms with Crippen molar-refractivity contribution in [3.63, 3.8) is 0 Å². The molecule has 0 amide bonds. The van der Waals surface area contributed by atoms with Crippen LogP contribution >= 0.6 is 0 Å². The Balaban J connectivity index is 1.60. The van der Waals surface area contributed by atoms with Crippen molar-refractivity contribution in [2.45, 2.75) is 13.5 Å². The van der Waals surface area contributed by atoms with Gasteiger partial charge >= 0.3 is 0 Å². The average molecular weight is 291 g/mol. The fourth-order valence-electron chi connectivity index (χ4n) is 2.56. The molecule has 112 valence electrons. The zero-order valence-electron chi connectivity index (χ0n) is 13.1. The maximum atomic E-state index is 5.59. The highest BCUT2D eigenvalue weighted by atomic mass is 16.3. The molecule has 0 unspecified atom stereocenters. The first-order valence-electron chi connectivity index (χ1n) is 7.59. The lowest BCUT2D eigenvalue weighted by molar-refractivity contribution is 0.363. The molecule has 3 aromatic rings. The van der Waals surface area contributed by atoms with Crippen LogP contribution < -0.4 is 0 Å². The summed E-state index contributed by atoms with van der Waals surface area (Å²) in [5.74, 6) is 0. The summed E-state index contributed by atoms with van der Waals surface area (Å²) in [6.07, 6.45) is 6.24. The maximum Gasteiger partial charge on any atom is 0.134 e. The number of hydrogen-bond donors (Lipinski definition) is 0. The van der Waals surface area contributed by atoms with E-state index < -0.39 is 0 Å². The van der Waals surface area contributed by atoms with E-state index in [1.165, 1.54) is 22.1 Å². The largest absolute Gasteiger partial charge is 0.464 e. The molecule has 0 N–H and O–H groups in total. The molecular weight excluding hydrogens is 270 g/mol. The molecule has 0 aliphatic carbocycles. The first-order chi connectivity index (χ1) is 10.7. The monoisotopic (exact) mass is 291 g/mol. The summed E-state index contributed by atoms with van der Waals surface area (Å²) < 4.78 is 5.59. The summed E-state index contributed by atoms with van der Waals surface area (Å²) >= 11 is 0. The Hall–Kier alpha value is -2.32. The van der Waals surface area contributed by atoms with Gasteiger partial charge in [0.1, 0.15) is 5.58 Å².